The lowest BCUT2D eigenvalue weighted by atomic mass is 10.2. The van der Waals surface area contributed by atoms with Crippen molar-refractivity contribution >= 4 is 6.21 Å². The van der Waals surface area contributed by atoms with Gasteiger partial charge in [0, 0.05) is 5.56 Å². The number of hydrogen-bond acceptors (Lipinski definition) is 4. The van der Waals surface area contributed by atoms with Crippen LogP contribution in [0.25, 0.3) is 0 Å². The van der Waals surface area contributed by atoms with Gasteiger partial charge in [0.15, 0.2) is 11.5 Å². The van der Waals surface area contributed by atoms with Crippen molar-refractivity contribution in [2.24, 2.45) is 5.10 Å². The molecule has 0 radical (unpaired) electrons. The molecule has 4 nitrogen and oxygen atoms in total. The van der Waals surface area contributed by atoms with E-state index in [1.54, 1.807) is 20.4 Å². The first-order valence-corrected chi connectivity index (χ1v) is 6.36. The fraction of sp³-hybridized carbons (Fsp3) is 0.188. The quantitative estimate of drug-likeness (QED) is 0.648. The molecule has 0 bridgehead atoms. The number of hydrazone groups is 1. The van der Waals surface area contributed by atoms with Crippen LogP contribution >= 0.6 is 0 Å². The van der Waals surface area contributed by atoms with E-state index in [9.17, 15) is 0 Å². The van der Waals surface area contributed by atoms with Gasteiger partial charge < -0.3 is 14.9 Å². The van der Waals surface area contributed by atoms with Crippen LogP contribution in [-0.4, -0.2) is 20.4 Å². The van der Waals surface area contributed by atoms with Crippen LogP contribution in [0, 0.1) is 0 Å². The summed E-state index contributed by atoms with van der Waals surface area (Å²) in [6.45, 7) is 0.684. The van der Waals surface area contributed by atoms with Crippen molar-refractivity contribution in [2.45, 2.75) is 6.54 Å². The minimum Gasteiger partial charge on any atom is -0.493 e. The maximum Gasteiger partial charge on any atom is 0.169 e. The van der Waals surface area contributed by atoms with Gasteiger partial charge in [-0.15, -0.1) is 0 Å². The van der Waals surface area contributed by atoms with Crippen LogP contribution in [0.3, 0.4) is 0 Å². The van der Waals surface area contributed by atoms with E-state index in [4.69, 9.17) is 9.47 Å². The van der Waals surface area contributed by atoms with Gasteiger partial charge in [-0.25, -0.2) is 0 Å². The van der Waals surface area contributed by atoms with Gasteiger partial charge in [0.05, 0.1) is 27.0 Å². The highest BCUT2D eigenvalue weighted by atomic mass is 16.5. The summed E-state index contributed by atoms with van der Waals surface area (Å²) < 4.78 is 10.6. The fourth-order valence-electron chi connectivity index (χ4n) is 1.86. The van der Waals surface area contributed by atoms with E-state index >= 15 is 0 Å². The SMILES string of the molecule is COc1cccc(C=NNCc2ccccc2)c1OC. The highest BCUT2D eigenvalue weighted by molar-refractivity contribution is 5.84. The number of benzene rings is 2. The van der Waals surface area contributed by atoms with Crippen molar-refractivity contribution in [1.82, 2.24) is 5.43 Å². The van der Waals surface area contributed by atoms with Crippen molar-refractivity contribution in [3.05, 3.63) is 59.7 Å². The van der Waals surface area contributed by atoms with E-state index in [0.717, 1.165) is 5.56 Å². The molecule has 0 unspecified atom stereocenters. The summed E-state index contributed by atoms with van der Waals surface area (Å²) >= 11 is 0. The molecule has 0 atom stereocenters. The van der Waals surface area contributed by atoms with E-state index in [-0.39, 0.29) is 0 Å². The summed E-state index contributed by atoms with van der Waals surface area (Å²) in [5, 5.41) is 4.21. The van der Waals surface area contributed by atoms with Gasteiger partial charge in [0.25, 0.3) is 0 Å². The minimum atomic E-state index is 0.681. The zero-order valence-corrected chi connectivity index (χ0v) is 11.7. The lowest BCUT2D eigenvalue weighted by molar-refractivity contribution is 0.354. The molecule has 20 heavy (non-hydrogen) atoms. The molecule has 2 rings (SSSR count). The molecule has 0 aliphatic heterocycles. The van der Waals surface area contributed by atoms with Crippen molar-refractivity contribution in [2.75, 3.05) is 14.2 Å². The Hall–Kier alpha value is -2.49. The van der Waals surface area contributed by atoms with Gasteiger partial charge >= 0.3 is 0 Å². The molecule has 0 aromatic heterocycles. The number of nitrogens with zero attached hydrogens (tertiary/aromatic N) is 1. The third-order valence-electron chi connectivity index (χ3n) is 2.85. The second kappa shape index (κ2) is 7.19. The van der Waals surface area contributed by atoms with E-state index < -0.39 is 0 Å². The number of rotatable bonds is 6. The van der Waals surface area contributed by atoms with Gasteiger partial charge in [-0.1, -0.05) is 36.4 Å². The zero-order chi connectivity index (χ0) is 14.2. The second-order valence-electron chi connectivity index (χ2n) is 4.16. The van der Waals surface area contributed by atoms with Gasteiger partial charge in [-0.2, -0.15) is 5.10 Å². The molecule has 2 aromatic carbocycles. The predicted molar refractivity (Wildman–Crippen MR) is 80.4 cm³/mol. The Labute approximate surface area is 119 Å². The Morgan fingerprint density at radius 1 is 1.00 bits per heavy atom. The smallest absolute Gasteiger partial charge is 0.169 e. The van der Waals surface area contributed by atoms with E-state index in [1.165, 1.54) is 5.56 Å². The van der Waals surface area contributed by atoms with Gasteiger partial charge in [0.2, 0.25) is 0 Å². The molecule has 4 heteroatoms. The molecule has 0 heterocycles. The van der Waals surface area contributed by atoms with Crippen molar-refractivity contribution in [1.29, 1.82) is 0 Å². The topological polar surface area (TPSA) is 42.8 Å². The normalized spacial score (nSPS) is 10.5. The first kappa shape index (κ1) is 13.9. The van der Waals surface area contributed by atoms with Crippen LogP contribution in [0.15, 0.2) is 53.6 Å². The van der Waals surface area contributed by atoms with Crippen LogP contribution in [0.1, 0.15) is 11.1 Å². The molecule has 0 aliphatic carbocycles. The van der Waals surface area contributed by atoms with Gasteiger partial charge in [-0.05, 0) is 17.7 Å². The standard InChI is InChI=1S/C16H18N2O2/c1-19-15-10-6-9-14(16(15)20-2)12-18-17-11-13-7-4-3-5-8-13/h3-10,12,17H,11H2,1-2H3. The maximum absolute atomic E-state index is 5.34. The second-order valence-corrected chi connectivity index (χ2v) is 4.16. The third-order valence-corrected chi connectivity index (χ3v) is 2.85. The molecular weight excluding hydrogens is 252 g/mol. The molecule has 0 saturated heterocycles. The molecule has 0 saturated carbocycles. The molecular formula is C16H18N2O2. The predicted octanol–water partition coefficient (Wildman–Crippen LogP) is 2.83. The lowest BCUT2D eigenvalue weighted by Crippen LogP contribution is -2.05. The molecule has 0 spiro atoms. The first-order valence-electron chi connectivity index (χ1n) is 6.36. The lowest BCUT2D eigenvalue weighted by Gasteiger charge is -2.09. The van der Waals surface area contributed by atoms with Crippen LogP contribution < -0.4 is 14.9 Å². The number of para-hydroxylation sites is 1. The Morgan fingerprint density at radius 2 is 1.80 bits per heavy atom. The summed E-state index contributed by atoms with van der Waals surface area (Å²) in [6.07, 6.45) is 1.73. The summed E-state index contributed by atoms with van der Waals surface area (Å²) in [5.41, 5.74) is 5.06. The van der Waals surface area contributed by atoms with Crippen LogP contribution in [-0.2, 0) is 6.54 Å². The summed E-state index contributed by atoms with van der Waals surface area (Å²) in [5.74, 6) is 1.37. The summed E-state index contributed by atoms with van der Waals surface area (Å²) in [7, 11) is 3.24. The molecule has 0 aliphatic rings. The minimum absolute atomic E-state index is 0.681. The van der Waals surface area contributed by atoms with Crippen LogP contribution in [0.2, 0.25) is 0 Å². The zero-order valence-electron chi connectivity index (χ0n) is 11.7. The summed E-state index contributed by atoms with van der Waals surface area (Å²) in [4.78, 5) is 0. The summed E-state index contributed by atoms with van der Waals surface area (Å²) in [6, 6.07) is 15.8. The number of ether oxygens (including phenoxy) is 2. The van der Waals surface area contributed by atoms with Gasteiger partial charge in [-0.3, -0.25) is 0 Å². The maximum atomic E-state index is 5.34. The molecule has 1 N–H and O–H groups in total. The van der Waals surface area contributed by atoms with Crippen LogP contribution in [0.4, 0.5) is 0 Å². The Bertz CT molecular complexity index is 568. The monoisotopic (exact) mass is 270 g/mol. The highest BCUT2D eigenvalue weighted by Crippen LogP contribution is 2.29. The fourth-order valence-corrected chi connectivity index (χ4v) is 1.86. The Kier molecular flexibility index (Phi) is 5.00. The number of hydrogen-bond donors (Lipinski definition) is 1. The average Bonchev–Trinajstić information content (AvgIpc) is 2.52. The molecule has 2 aromatic rings. The molecule has 0 amide bonds. The largest absolute Gasteiger partial charge is 0.493 e. The number of nitrogens with one attached hydrogen (secondary N) is 1. The van der Waals surface area contributed by atoms with Crippen molar-refractivity contribution < 1.29 is 9.47 Å². The van der Waals surface area contributed by atoms with E-state index in [2.05, 4.69) is 22.7 Å². The molecule has 104 valence electrons. The van der Waals surface area contributed by atoms with Crippen LogP contribution in [0.5, 0.6) is 11.5 Å². The van der Waals surface area contributed by atoms with Gasteiger partial charge in [0.1, 0.15) is 0 Å². The third kappa shape index (κ3) is 3.51. The average molecular weight is 270 g/mol. The van der Waals surface area contributed by atoms with Crippen molar-refractivity contribution in [3.63, 3.8) is 0 Å². The first-order chi connectivity index (χ1) is 9.85. The van der Waals surface area contributed by atoms with E-state index in [1.807, 2.05) is 36.4 Å². The Morgan fingerprint density at radius 3 is 2.50 bits per heavy atom. The highest BCUT2D eigenvalue weighted by Gasteiger charge is 2.06. The Balaban J connectivity index is 2.01. The van der Waals surface area contributed by atoms with E-state index in [0.29, 0.717) is 18.0 Å². The number of methoxy groups -OCH3 is 2. The molecule has 0 fully saturated rings. The van der Waals surface area contributed by atoms with Crippen molar-refractivity contribution in [3.8, 4) is 11.5 Å².